The number of halogens is 1. The van der Waals surface area contributed by atoms with Gasteiger partial charge < -0.3 is 10.6 Å². The van der Waals surface area contributed by atoms with E-state index in [1.165, 1.54) is 0 Å². The van der Waals surface area contributed by atoms with Gasteiger partial charge in [-0.3, -0.25) is 4.79 Å². The molecule has 2 N–H and O–H groups in total. The van der Waals surface area contributed by atoms with Gasteiger partial charge in [0, 0.05) is 18.7 Å². The number of nitrogen functional groups attached to an aromatic ring is 1. The summed E-state index contributed by atoms with van der Waals surface area (Å²) in [6.07, 6.45) is 1.08. The molecule has 0 spiro atoms. The number of hydrogen-bond donors (Lipinski definition) is 1. The van der Waals surface area contributed by atoms with Crippen molar-refractivity contribution in [2.45, 2.75) is 13.3 Å². The van der Waals surface area contributed by atoms with Crippen LogP contribution in [0, 0.1) is 5.92 Å². The Kier molecular flexibility index (Phi) is 3.06. The third-order valence-corrected chi connectivity index (χ3v) is 3.30. The summed E-state index contributed by atoms with van der Waals surface area (Å²) in [6.45, 7) is 3.83. The Morgan fingerprint density at radius 3 is 2.88 bits per heavy atom. The molecule has 0 bridgehead atoms. The average molecular weight is 239 g/mol. The lowest BCUT2D eigenvalue weighted by atomic mass is 10.1. The highest BCUT2D eigenvalue weighted by molar-refractivity contribution is 6.33. The third-order valence-electron chi connectivity index (χ3n) is 2.95. The molecule has 0 radical (unpaired) electrons. The van der Waals surface area contributed by atoms with Crippen LogP contribution in [0.25, 0.3) is 0 Å². The van der Waals surface area contributed by atoms with E-state index < -0.39 is 0 Å². The fourth-order valence-electron chi connectivity index (χ4n) is 1.98. The first-order valence-electron chi connectivity index (χ1n) is 5.42. The topological polar surface area (TPSA) is 46.3 Å². The molecule has 1 aromatic rings. The first-order valence-corrected chi connectivity index (χ1v) is 5.80. The minimum Gasteiger partial charge on any atom is -0.398 e. The molecule has 4 heteroatoms. The van der Waals surface area contributed by atoms with Crippen LogP contribution in [0.5, 0.6) is 0 Å². The fraction of sp³-hybridized carbons (Fsp3) is 0.417. The predicted molar refractivity (Wildman–Crippen MR) is 65.5 cm³/mol. The second-order valence-corrected chi connectivity index (χ2v) is 4.79. The quantitative estimate of drug-likeness (QED) is 0.764. The zero-order chi connectivity index (χ0) is 11.7. The Morgan fingerprint density at radius 2 is 2.31 bits per heavy atom. The Labute approximate surface area is 100 Å². The molecule has 1 fully saturated rings. The van der Waals surface area contributed by atoms with Crippen LogP contribution in [0.1, 0.15) is 23.7 Å². The standard InChI is InChI=1S/C12H15ClN2O/c1-8-4-5-15(7-8)12(16)9-2-3-10(13)11(14)6-9/h2-3,6,8H,4-5,7,14H2,1H3. The lowest BCUT2D eigenvalue weighted by Crippen LogP contribution is -2.28. The normalized spacial score (nSPS) is 20.1. The number of nitrogens with zero attached hydrogens (tertiary/aromatic N) is 1. The summed E-state index contributed by atoms with van der Waals surface area (Å²) >= 11 is 5.82. The maximum absolute atomic E-state index is 12.1. The van der Waals surface area contributed by atoms with Crippen LogP contribution in [0.2, 0.25) is 5.02 Å². The molecule has 1 amide bonds. The van der Waals surface area contributed by atoms with Gasteiger partial charge in [0.05, 0.1) is 10.7 Å². The molecule has 1 aliphatic heterocycles. The van der Waals surface area contributed by atoms with Crippen LogP contribution in [0.15, 0.2) is 18.2 Å². The van der Waals surface area contributed by atoms with Crippen molar-refractivity contribution in [2.24, 2.45) is 5.92 Å². The van der Waals surface area contributed by atoms with E-state index in [2.05, 4.69) is 6.92 Å². The number of hydrogen-bond acceptors (Lipinski definition) is 2. The van der Waals surface area contributed by atoms with Crippen molar-refractivity contribution >= 4 is 23.2 Å². The van der Waals surface area contributed by atoms with Crippen LogP contribution in [0.3, 0.4) is 0 Å². The Balaban J connectivity index is 2.18. The fourth-order valence-corrected chi connectivity index (χ4v) is 2.10. The van der Waals surface area contributed by atoms with E-state index in [1.807, 2.05) is 4.90 Å². The van der Waals surface area contributed by atoms with Gasteiger partial charge in [-0.25, -0.2) is 0 Å². The molecule has 0 saturated carbocycles. The van der Waals surface area contributed by atoms with Gasteiger partial charge in [0.2, 0.25) is 0 Å². The number of nitrogens with two attached hydrogens (primary N) is 1. The minimum atomic E-state index is 0.0488. The molecule has 3 nitrogen and oxygen atoms in total. The Hall–Kier alpha value is -1.22. The second kappa shape index (κ2) is 4.34. The van der Waals surface area contributed by atoms with E-state index in [1.54, 1.807) is 18.2 Å². The number of rotatable bonds is 1. The molecule has 2 rings (SSSR count). The third kappa shape index (κ3) is 2.14. The van der Waals surface area contributed by atoms with E-state index in [0.717, 1.165) is 19.5 Å². The first-order chi connectivity index (χ1) is 7.58. The average Bonchev–Trinajstić information content (AvgIpc) is 2.68. The lowest BCUT2D eigenvalue weighted by molar-refractivity contribution is 0.0788. The summed E-state index contributed by atoms with van der Waals surface area (Å²) < 4.78 is 0. The van der Waals surface area contributed by atoms with E-state index in [4.69, 9.17) is 17.3 Å². The summed E-state index contributed by atoms with van der Waals surface area (Å²) in [5.74, 6) is 0.640. The first kappa shape index (κ1) is 11.3. The molecule has 86 valence electrons. The molecular weight excluding hydrogens is 224 g/mol. The van der Waals surface area contributed by atoms with Crippen molar-refractivity contribution < 1.29 is 4.79 Å². The van der Waals surface area contributed by atoms with Crippen molar-refractivity contribution in [3.63, 3.8) is 0 Å². The molecule has 16 heavy (non-hydrogen) atoms. The number of benzene rings is 1. The van der Waals surface area contributed by atoms with E-state index in [9.17, 15) is 4.79 Å². The molecule has 1 heterocycles. The summed E-state index contributed by atoms with van der Waals surface area (Å²) in [6, 6.07) is 5.04. The van der Waals surface area contributed by atoms with Gasteiger partial charge in [-0.15, -0.1) is 0 Å². The van der Waals surface area contributed by atoms with Crippen LogP contribution < -0.4 is 5.73 Å². The number of carbonyl (C=O) groups is 1. The molecular formula is C12H15ClN2O. The summed E-state index contributed by atoms with van der Waals surface area (Å²) in [4.78, 5) is 14.0. The van der Waals surface area contributed by atoms with Crippen LogP contribution in [-0.2, 0) is 0 Å². The summed E-state index contributed by atoms with van der Waals surface area (Å²) in [7, 11) is 0. The van der Waals surface area contributed by atoms with E-state index in [0.29, 0.717) is 22.2 Å². The van der Waals surface area contributed by atoms with Gasteiger partial charge >= 0.3 is 0 Å². The molecule has 0 aromatic heterocycles. The van der Waals surface area contributed by atoms with Gasteiger partial charge in [0.15, 0.2) is 0 Å². The zero-order valence-corrected chi connectivity index (χ0v) is 10.00. The van der Waals surface area contributed by atoms with Gasteiger partial charge in [0.25, 0.3) is 5.91 Å². The summed E-state index contributed by atoms with van der Waals surface area (Å²) in [5, 5.41) is 0.492. The highest BCUT2D eigenvalue weighted by Crippen LogP contribution is 2.22. The molecule has 1 unspecified atom stereocenters. The number of carbonyl (C=O) groups excluding carboxylic acids is 1. The molecule has 1 aromatic carbocycles. The largest absolute Gasteiger partial charge is 0.398 e. The van der Waals surface area contributed by atoms with Crippen molar-refractivity contribution in [3.8, 4) is 0 Å². The Morgan fingerprint density at radius 1 is 1.56 bits per heavy atom. The van der Waals surface area contributed by atoms with Crippen LogP contribution in [0.4, 0.5) is 5.69 Å². The highest BCUT2D eigenvalue weighted by Gasteiger charge is 2.24. The summed E-state index contributed by atoms with van der Waals surface area (Å²) in [5.41, 5.74) is 6.76. The second-order valence-electron chi connectivity index (χ2n) is 4.38. The van der Waals surface area contributed by atoms with E-state index in [-0.39, 0.29) is 5.91 Å². The van der Waals surface area contributed by atoms with E-state index >= 15 is 0 Å². The monoisotopic (exact) mass is 238 g/mol. The van der Waals surface area contributed by atoms with Gasteiger partial charge in [-0.05, 0) is 30.5 Å². The number of amides is 1. The number of anilines is 1. The molecule has 1 saturated heterocycles. The lowest BCUT2D eigenvalue weighted by Gasteiger charge is -2.16. The number of likely N-dealkylation sites (tertiary alicyclic amines) is 1. The van der Waals surface area contributed by atoms with Gasteiger partial charge in [-0.1, -0.05) is 18.5 Å². The van der Waals surface area contributed by atoms with Gasteiger partial charge in [-0.2, -0.15) is 0 Å². The molecule has 1 aliphatic rings. The highest BCUT2D eigenvalue weighted by atomic mass is 35.5. The van der Waals surface area contributed by atoms with Crippen LogP contribution >= 0.6 is 11.6 Å². The maximum Gasteiger partial charge on any atom is 0.253 e. The maximum atomic E-state index is 12.1. The molecule has 0 aliphatic carbocycles. The van der Waals surface area contributed by atoms with Crippen molar-refractivity contribution in [3.05, 3.63) is 28.8 Å². The smallest absolute Gasteiger partial charge is 0.253 e. The predicted octanol–water partition coefficient (Wildman–Crippen LogP) is 2.40. The van der Waals surface area contributed by atoms with Gasteiger partial charge in [0.1, 0.15) is 0 Å². The van der Waals surface area contributed by atoms with Crippen LogP contribution in [-0.4, -0.2) is 23.9 Å². The minimum absolute atomic E-state index is 0.0488. The molecule has 1 atom stereocenters. The van der Waals surface area contributed by atoms with Crippen molar-refractivity contribution in [2.75, 3.05) is 18.8 Å². The SMILES string of the molecule is CC1CCN(C(=O)c2ccc(Cl)c(N)c2)C1. The van der Waals surface area contributed by atoms with Crippen molar-refractivity contribution in [1.29, 1.82) is 0 Å². The Bertz CT molecular complexity index is 419. The van der Waals surface area contributed by atoms with Crippen molar-refractivity contribution in [1.82, 2.24) is 4.90 Å². The zero-order valence-electron chi connectivity index (χ0n) is 9.24.